The highest BCUT2D eigenvalue weighted by Gasteiger charge is 2.14. The maximum absolute atomic E-state index is 11.0. The third-order valence-corrected chi connectivity index (χ3v) is 1.40. The fourth-order valence-corrected chi connectivity index (χ4v) is 0.846. The molecule has 0 spiro atoms. The summed E-state index contributed by atoms with van der Waals surface area (Å²) in [5.41, 5.74) is 5.70. The average Bonchev–Trinajstić information content (AvgIpc) is 2.46. The van der Waals surface area contributed by atoms with Gasteiger partial charge in [0.25, 0.3) is 0 Å². The highest BCUT2D eigenvalue weighted by atomic mass is 16.5. The number of hydrogen-bond acceptors (Lipinski definition) is 5. The molecule has 0 aliphatic rings. The standard InChI is InChI=1S/C7H8N4O2/c1-13-7(12)6-5(9)4-11(10-6)3-2-8/h4H,3,9H2,1H3. The van der Waals surface area contributed by atoms with Gasteiger partial charge in [-0.15, -0.1) is 0 Å². The fraction of sp³-hybridized carbons (Fsp3) is 0.286. The predicted molar refractivity (Wildman–Crippen MR) is 43.6 cm³/mol. The number of carbonyl (C=O) groups excluding carboxylic acids is 1. The maximum Gasteiger partial charge on any atom is 0.360 e. The van der Waals surface area contributed by atoms with Gasteiger partial charge in [0.05, 0.1) is 25.1 Å². The van der Waals surface area contributed by atoms with Gasteiger partial charge in [-0.2, -0.15) is 10.4 Å². The summed E-state index contributed by atoms with van der Waals surface area (Å²) < 4.78 is 5.71. The average molecular weight is 180 g/mol. The second-order valence-electron chi connectivity index (χ2n) is 2.28. The summed E-state index contributed by atoms with van der Waals surface area (Å²) in [4.78, 5) is 11.0. The normalized spacial score (nSPS) is 9.23. The third-order valence-electron chi connectivity index (χ3n) is 1.40. The zero-order valence-corrected chi connectivity index (χ0v) is 7.02. The zero-order chi connectivity index (χ0) is 9.84. The van der Waals surface area contributed by atoms with Crippen LogP contribution < -0.4 is 5.73 Å². The molecule has 0 amide bonds. The summed E-state index contributed by atoms with van der Waals surface area (Å²) >= 11 is 0. The lowest BCUT2D eigenvalue weighted by atomic mass is 10.4. The van der Waals surface area contributed by atoms with Gasteiger partial charge in [0, 0.05) is 0 Å². The van der Waals surface area contributed by atoms with E-state index in [1.165, 1.54) is 18.0 Å². The van der Waals surface area contributed by atoms with Crippen LogP contribution in [-0.2, 0) is 11.3 Å². The molecule has 6 heteroatoms. The SMILES string of the molecule is COC(=O)c1nn(CC#N)cc1N. The van der Waals surface area contributed by atoms with Crippen molar-refractivity contribution >= 4 is 11.7 Å². The van der Waals surface area contributed by atoms with E-state index in [0.29, 0.717) is 0 Å². The molecule has 1 aromatic rings. The van der Waals surface area contributed by atoms with Crippen LogP contribution in [0.15, 0.2) is 6.20 Å². The number of hydrogen-bond donors (Lipinski definition) is 1. The molecule has 0 aromatic carbocycles. The van der Waals surface area contributed by atoms with Crippen LogP contribution in [0.2, 0.25) is 0 Å². The first-order valence-electron chi connectivity index (χ1n) is 3.47. The van der Waals surface area contributed by atoms with Gasteiger partial charge in [-0.3, -0.25) is 4.68 Å². The van der Waals surface area contributed by atoms with E-state index in [2.05, 4.69) is 9.84 Å². The molecule has 1 rings (SSSR count). The topological polar surface area (TPSA) is 93.9 Å². The molecule has 1 heterocycles. The second-order valence-corrected chi connectivity index (χ2v) is 2.28. The molecule has 0 saturated heterocycles. The first-order valence-corrected chi connectivity index (χ1v) is 3.47. The monoisotopic (exact) mass is 180 g/mol. The molecule has 68 valence electrons. The Morgan fingerprint density at radius 2 is 2.62 bits per heavy atom. The van der Waals surface area contributed by atoms with Gasteiger partial charge in [-0.1, -0.05) is 0 Å². The number of anilines is 1. The van der Waals surface area contributed by atoms with Crippen molar-refractivity contribution in [2.45, 2.75) is 6.54 Å². The molecule has 6 nitrogen and oxygen atoms in total. The summed E-state index contributed by atoms with van der Waals surface area (Å²) in [7, 11) is 1.24. The summed E-state index contributed by atoms with van der Waals surface area (Å²) in [6, 6.07) is 1.87. The Morgan fingerprint density at radius 1 is 1.92 bits per heavy atom. The van der Waals surface area contributed by atoms with E-state index in [9.17, 15) is 4.79 Å². The first-order chi connectivity index (χ1) is 6.19. The van der Waals surface area contributed by atoms with Gasteiger partial charge in [0.15, 0.2) is 5.69 Å². The fourth-order valence-electron chi connectivity index (χ4n) is 0.846. The van der Waals surface area contributed by atoms with E-state index in [0.717, 1.165) is 0 Å². The van der Waals surface area contributed by atoms with Crippen LogP contribution in [0.1, 0.15) is 10.5 Å². The first kappa shape index (κ1) is 9.06. The minimum atomic E-state index is -0.603. The number of carbonyl (C=O) groups is 1. The van der Waals surface area contributed by atoms with Crippen molar-refractivity contribution < 1.29 is 9.53 Å². The van der Waals surface area contributed by atoms with Crippen LogP contribution >= 0.6 is 0 Å². The number of nitrogens with zero attached hydrogens (tertiary/aromatic N) is 3. The molecule has 0 atom stereocenters. The maximum atomic E-state index is 11.0. The van der Waals surface area contributed by atoms with Crippen molar-refractivity contribution in [3.8, 4) is 6.07 Å². The number of nitriles is 1. The molecule has 0 aliphatic carbocycles. The van der Waals surface area contributed by atoms with Gasteiger partial charge in [-0.05, 0) is 0 Å². The van der Waals surface area contributed by atoms with Crippen molar-refractivity contribution in [2.75, 3.05) is 12.8 Å². The molecule has 0 bridgehead atoms. The van der Waals surface area contributed by atoms with E-state index in [-0.39, 0.29) is 17.9 Å². The summed E-state index contributed by atoms with van der Waals surface area (Å²) in [5, 5.41) is 12.1. The predicted octanol–water partition coefficient (Wildman–Crippen LogP) is -0.225. The van der Waals surface area contributed by atoms with Crippen LogP contribution in [0.25, 0.3) is 0 Å². The van der Waals surface area contributed by atoms with Gasteiger partial charge >= 0.3 is 5.97 Å². The Kier molecular flexibility index (Phi) is 2.50. The Balaban J connectivity index is 2.97. The van der Waals surface area contributed by atoms with E-state index < -0.39 is 5.97 Å². The minimum Gasteiger partial charge on any atom is -0.464 e. The van der Waals surface area contributed by atoms with Crippen molar-refractivity contribution in [1.82, 2.24) is 9.78 Å². The molecule has 1 aromatic heterocycles. The molecule has 13 heavy (non-hydrogen) atoms. The lowest BCUT2D eigenvalue weighted by Crippen LogP contribution is -2.06. The highest BCUT2D eigenvalue weighted by Crippen LogP contribution is 2.09. The van der Waals surface area contributed by atoms with Crippen LogP contribution in [-0.4, -0.2) is 22.9 Å². The molecular weight excluding hydrogens is 172 g/mol. The van der Waals surface area contributed by atoms with Gasteiger partial charge in [0.1, 0.15) is 6.54 Å². The quantitative estimate of drug-likeness (QED) is 0.634. The molecule has 0 saturated carbocycles. The van der Waals surface area contributed by atoms with Crippen LogP contribution in [0.5, 0.6) is 0 Å². The van der Waals surface area contributed by atoms with Crippen molar-refractivity contribution in [1.29, 1.82) is 5.26 Å². The van der Waals surface area contributed by atoms with Crippen LogP contribution in [0.4, 0.5) is 5.69 Å². The number of nitrogens with two attached hydrogens (primary N) is 1. The Bertz CT molecular complexity index is 363. The lowest BCUT2D eigenvalue weighted by Gasteiger charge is -1.93. The molecule has 2 N–H and O–H groups in total. The molecule has 0 fully saturated rings. The van der Waals surface area contributed by atoms with E-state index in [1.54, 1.807) is 0 Å². The van der Waals surface area contributed by atoms with E-state index in [1.807, 2.05) is 6.07 Å². The molecule has 0 aliphatic heterocycles. The van der Waals surface area contributed by atoms with Crippen molar-refractivity contribution in [3.05, 3.63) is 11.9 Å². The van der Waals surface area contributed by atoms with Crippen molar-refractivity contribution in [3.63, 3.8) is 0 Å². The number of methoxy groups -OCH3 is 1. The summed E-state index contributed by atoms with van der Waals surface area (Å²) in [6.07, 6.45) is 1.41. The molecular formula is C7H8N4O2. The van der Waals surface area contributed by atoms with Gasteiger partial charge in [0.2, 0.25) is 0 Å². The third kappa shape index (κ3) is 1.76. The Morgan fingerprint density at radius 3 is 3.15 bits per heavy atom. The second kappa shape index (κ2) is 3.58. The van der Waals surface area contributed by atoms with E-state index in [4.69, 9.17) is 11.0 Å². The number of aromatic nitrogens is 2. The molecule has 0 radical (unpaired) electrons. The number of esters is 1. The van der Waals surface area contributed by atoms with Crippen LogP contribution in [0.3, 0.4) is 0 Å². The Hall–Kier alpha value is -2.03. The number of rotatable bonds is 2. The highest BCUT2D eigenvalue weighted by molar-refractivity contribution is 5.92. The smallest absolute Gasteiger partial charge is 0.360 e. The number of ether oxygens (including phenoxy) is 1. The number of nitrogen functional groups attached to an aromatic ring is 1. The lowest BCUT2D eigenvalue weighted by molar-refractivity contribution is 0.0594. The Labute approximate surface area is 74.5 Å². The zero-order valence-electron chi connectivity index (χ0n) is 7.02. The van der Waals surface area contributed by atoms with Crippen molar-refractivity contribution in [2.24, 2.45) is 0 Å². The van der Waals surface area contributed by atoms with E-state index >= 15 is 0 Å². The van der Waals surface area contributed by atoms with Gasteiger partial charge in [-0.25, -0.2) is 4.79 Å². The molecule has 0 unspecified atom stereocenters. The summed E-state index contributed by atoms with van der Waals surface area (Å²) in [5.74, 6) is -0.603. The van der Waals surface area contributed by atoms with Gasteiger partial charge < -0.3 is 10.5 Å². The summed E-state index contributed by atoms with van der Waals surface area (Å²) in [6.45, 7) is 0.0567. The minimum absolute atomic E-state index is 0.0396. The largest absolute Gasteiger partial charge is 0.464 e. The van der Waals surface area contributed by atoms with Crippen LogP contribution in [0, 0.1) is 11.3 Å².